The lowest BCUT2D eigenvalue weighted by molar-refractivity contribution is 0.108. The highest BCUT2D eigenvalue weighted by molar-refractivity contribution is 5.34. The van der Waals surface area contributed by atoms with Crippen LogP contribution in [-0.4, -0.2) is 27.5 Å². The Morgan fingerprint density at radius 2 is 1.77 bits per heavy atom. The van der Waals surface area contributed by atoms with E-state index >= 15 is 0 Å². The summed E-state index contributed by atoms with van der Waals surface area (Å²) in [7, 11) is 0. The van der Waals surface area contributed by atoms with Gasteiger partial charge in [-0.25, -0.2) is 4.98 Å². The second-order valence-corrected chi connectivity index (χ2v) is 7.55. The van der Waals surface area contributed by atoms with Crippen molar-refractivity contribution in [3.8, 4) is 5.69 Å². The molecule has 0 radical (unpaired) electrons. The van der Waals surface area contributed by atoms with E-state index in [2.05, 4.69) is 54.9 Å². The normalized spacial score (nSPS) is 17.8. The molecule has 1 aromatic carbocycles. The largest absolute Gasteiger partial charge is 0.306 e. The SMILES string of the molecule is CC(C)(C)C1CCN(Cc2ccc(-n3ccnc3)cc2)CC1. The maximum atomic E-state index is 4.10. The maximum Gasteiger partial charge on any atom is 0.0991 e. The van der Waals surface area contributed by atoms with Gasteiger partial charge < -0.3 is 4.57 Å². The number of aromatic nitrogens is 2. The summed E-state index contributed by atoms with van der Waals surface area (Å²) in [6.45, 7) is 10.7. The monoisotopic (exact) mass is 297 g/mol. The molecule has 0 aliphatic carbocycles. The van der Waals surface area contributed by atoms with Crippen LogP contribution in [0.5, 0.6) is 0 Å². The smallest absolute Gasteiger partial charge is 0.0991 e. The third-order valence-corrected chi connectivity index (χ3v) is 4.96. The van der Waals surface area contributed by atoms with E-state index in [1.807, 2.05) is 23.3 Å². The lowest BCUT2D eigenvalue weighted by Gasteiger charge is -2.38. The molecule has 3 nitrogen and oxygen atoms in total. The molecule has 0 N–H and O–H groups in total. The van der Waals surface area contributed by atoms with Crippen LogP contribution in [0.15, 0.2) is 43.0 Å². The number of hydrogen-bond acceptors (Lipinski definition) is 2. The average molecular weight is 297 g/mol. The second-order valence-electron chi connectivity index (χ2n) is 7.55. The molecule has 22 heavy (non-hydrogen) atoms. The molecule has 0 unspecified atom stereocenters. The molecule has 118 valence electrons. The van der Waals surface area contributed by atoms with Crippen molar-refractivity contribution in [1.29, 1.82) is 0 Å². The first-order chi connectivity index (χ1) is 10.5. The van der Waals surface area contributed by atoms with Gasteiger partial charge in [-0.2, -0.15) is 0 Å². The van der Waals surface area contributed by atoms with Gasteiger partial charge in [-0.05, 0) is 55.0 Å². The third-order valence-electron chi connectivity index (χ3n) is 4.96. The van der Waals surface area contributed by atoms with Crippen molar-refractivity contribution >= 4 is 0 Å². The molecule has 0 spiro atoms. The standard InChI is InChI=1S/C19H27N3/c1-19(2,3)17-8-11-21(12-9-17)14-16-4-6-18(7-5-16)22-13-10-20-15-22/h4-7,10,13,15,17H,8-9,11-12,14H2,1-3H3. The molecule has 1 aliphatic heterocycles. The molecule has 3 heteroatoms. The Bertz CT molecular complexity index is 570. The van der Waals surface area contributed by atoms with Crippen molar-refractivity contribution < 1.29 is 0 Å². The lowest BCUT2D eigenvalue weighted by Crippen LogP contribution is -2.37. The van der Waals surface area contributed by atoms with E-state index in [0.717, 1.165) is 12.5 Å². The summed E-state index contributed by atoms with van der Waals surface area (Å²) in [5, 5.41) is 0. The highest BCUT2D eigenvalue weighted by Gasteiger charge is 2.28. The molecule has 1 saturated heterocycles. The predicted molar refractivity (Wildman–Crippen MR) is 91.0 cm³/mol. The minimum Gasteiger partial charge on any atom is -0.306 e. The summed E-state index contributed by atoms with van der Waals surface area (Å²) >= 11 is 0. The maximum absolute atomic E-state index is 4.10. The first-order valence-corrected chi connectivity index (χ1v) is 8.32. The highest BCUT2D eigenvalue weighted by atomic mass is 15.1. The molecule has 3 rings (SSSR count). The minimum atomic E-state index is 0.457. The van der Waals surface area contributed by atoms with Crippen LogP contribution < -0.4 is 0 Å². The van der Waals surface area contributed by atoms with Crippen molar-refractivity contribution in [1.82, 2.24) is 14.5 Å². The quantitative estimate of drug-likeness (QED) is 0.849. The fourth-order valence-corrected chi connectivity index (χ4v) is 3.40. The molecular weight excluding hydrogens is 270 g/mol. The number of piperidine rings is 1. The van der Waals surface area contributed by atoms with Crippen molar-refractivity contribution in [3.63, 3.8) is 0 Å². The topological polar surface area (TPSA) is 21.1 Å². The van der Waals surface area contributed by atoms with Crippen molar-refractivity contribution in [2.24, 2.45) is 11.3 Å². The first kappa shape index (κ1) is 15.3. The molecule has 0 atom stereocenters. The van der Waals surface area contributed by atoms with Gasteiger partial charge in [0.15, 0.2) is 0 Å². The van der Waals surface area contributed by atoms with Gasteiger partial charge in [0.25, 0.3) is 0 Å². The van der Waals surface area contributed by atoms with Gasteiger partial charge >= 0.3 is 0 Å². The molecular formula is C19H27N3. The molecule has 0 bridgehead atoms. The molecule has 1 aromatic heterocycles. The fraction of sp³-hybridized carbons (Fsp3) is 0.526. The molecule has 2 heterocycles. The number of hydrogen-bond donors (Lipinski definition) is 0. The van der Waals surface area contributed by atoms with Crippen LogP contribution >= 0.6 is 0 Å². The van der Waals surface area contributed by atoms with Crippen LogP contribution in [0.4, 0.5) is 0 Å². The van der Waals surface area contributed by atoms with Crippen molar-refractivity contribution in [3.05, 3.63) is 48.5 Å². The van der Waals surface area contributed by atoms with Crippen LogP contribution in [-0.2, 0) is 6.54 Å². The van der Waals surface area contributed by atoms with Crippen LogP contribution in [0.2, 0.25) is 0 Å². The Labute approximate surface area is 134 Å². The Kier molecular flexibility index (Phi) is 4.34. The van der Waals surface area contributed by atoms with Gasteiger partial charge in [0.1, 0.15) is 0 Å². The zero-order valence-electron chi connectivity index (χ0n) is 14.0. The number of imidazole rings is 1. The summed E-state index contributed by atoms with van der Waals surface area (Å²) in [4.78, 5) is 6.69. The van der Waals surface area contributed by atoms with Crippen LogP contribution in [0.1, 0.15) is 39.2 Å². The van der Waals surface area contributed by atoms with E-state index < -0.39 is 0 Å². The minimum absolute atomic E-state index is 0.457. The van der Waals surface area contributed by atoms with Crippen LogP contribution in [0.3, 0.4) is 0 Å². The fourth-order valence-electron chi connectivity index (χ4n) is 3.40. The Balaban J connectivity index is 1.56. The summed E-state index contributed by atoms with van der Waals surface area (Å²) in [6.07, 6.45) is 8.29. The van der Waals surface area contributed by atoms with Gasteiger partial charge in [0, 0.05) is 24.6 Å². The van der Waals surface area contributed by atoms with E-state index in [0.29, 0.717) is 5.41 Å². The third kappa shape index (κ3) is 3.58. The summed E-state index contributed by atoms with van der Waals surface area (Å²) in [6, 6.07) is 8.84. The van der Waals surface area contributed by atoms with E-state index in [1.165, 1.54) is 37.2 Å². The second kappa shape index (κ2) is 6.25. The van der Waals surface area contributed by atoms with Crippen LogP contribution in [0.25, 0.3) is 5.69 Å². The number of nitrogens with zero attached hydrogens (tertiary/aromatic N) is 3. The Morgan fingerprint density at radius 1 is 1.09 bits per heavy atom. The molecule has 0 saturated carbocycles. The summed E-state index contributed by atoms with van der Waals surface area (Å²) in [5.41, 5.74) is 3.03. The van der Waals surface area contributed by atoms with Crippen LogP contribution in [0, 0.1) is 11.3 Å². The highest BCUT2D eigenvalue weighted by Crippen LogP contribution is 2.34. The van der Waals surface area contributed by atoms with E-state index in [9.17, 15) is 0 Å². The Hall–Kier alpha value is -1.61. The van der Waals surface area contributed by atoms with Gasteiger partial charge in [-0.3, -0.25) is 4.90 Å². The number of benzene rings is 1. The number of rotatable bonds is 3. The van der Waals surface area contributed by atoms with Crippen molar-refractivity contribution in [2.75, 3.05) is 13.1 Å². The van der Waals surface area contributed by atoms with Crippen molar-refractivity contribution in [2.45, 2.75) is 40.2 Å². The molecule has 1 fully saturated rings. The average Bonchev–Trinajstić information content (AvgIpc) is 3.02. The zero-order valence-corrected chi connectivity index (χ0v) is 14.0. The Morgan fingerprint density at radius 3 is 2.32 bits per heavy atom. The van der Waals surface area contributed by atoms with E-state index in [1.54, 1.807) is 0 Å². The molecule has 2 aromatic rings. The molecule has 0 amide bonds. The first-order valence-electron chi connectivity index (χ1n) is 8.32. The zero-order chi connectivity index (χ0) is 15.6. The lowest BCUT2D eigenvalue weighted by atomic mass is 9.75. The van der Waals surface area contributed by atoms with Gasteiger partial charge in [-0.15, -0.1) is 0 Å². The van der Waals surface area contributed by atoms with Gasteiger partial charge in [0.2, 0.25) is 0 Å². The summed E-state index contributed by atoms with van der Waals surface area (Å²) in [5.74, 6) is 0.868. The number of likely N-dealkylation sites (tertiary alicyclic amines) is 1. The van der Waals surface area contributed by atoms with E-state index in [-0.39, 0.29) is 0 Å². The van der Waals surface area contributed by atoms with Gasteiger partial charge in [-0.1, -0.05) is 32.9 Å². The molecule has 1 aliphatic rings. The van der Waals surface area contributed by atoms with E-state index in [4.69, 9.17) is 0 Å². The summed E-state index contributed by atoms with van der Waals surface area (Å²) < 4.78 is 2.04. The predicted octanol–water partition coefficient (Wildman–Crippen LogP) is 4.13. The van der Waals surface area contributed by atoms with Gasteiger partial charge in [0.05, 0.1) is 6.33 Å².